The molecule has 0 aromatic carbocycles. The molecule has 0 atom stereocenters. The Labute approximate surface area is 98.6 Å². The molecule has 0 bridgehead atoms. The van der Waals surface area contributed by atoms with Crippen molar-refractivity contribution in [3.8, 4) is 0 Å². The Hall–Kier alpha value is -0.710. The lowest BCUT2D eigenvalue weighted by molar-refractivity contribution is 0.302. The van der Waals surface area contributed by atoms with Gasteiger partial charge < -0.3 is 15.7 Å². The average molecular weight is 250 g/mol. The Morgan fingerprint density at radius 1 is 1.47 bits per heavy atom. The van der Waals surface area contributed by atoms with Crippen molar-refractivity contribution >= 4 is 34.8 Å². The zero-order valence-electron chi connectivity index (χ0n) is 8.37. The number of pyridine rings is 1. The highest BCUT2D eigenvalue weighted by molar-refractivity contribution is 6.37. The lowest BCUT2D eigenvalue weighted by Crippen LogP contribution is -2.27. The van der Waals surface area contributed by atoms with Crippen LogP contribution in [0.15, 0.2) is 6.07 Å². The molecule has 0 saturated heterocycles. The normalized spacial score (nSPS) is 10.4. The van der Waals surface area contributed by atoms with Crippen LogP contribution in [0.3, 0.4) is 0 Å². The number of nitrogens with zero attached hydrogens (tertiary/aromatic N) is 2. The molecule has 0 radical (unpaired) electrons. The molecule has 0 unspecified atom stereocenters. The molecule has 84 valence electrons. The van der Waals surface area contributed by atoms with Crippen LogP contribution in [0.2, 0.25) is 10.0 Å². The third kappa shape index (κ3) is 2.87. The highest BCUT2D eigenvalue weighted by atomic mass is 35.5. The first-order valence-electron chi connectivity index (χ1n) is 4.57. The van der Waals surface area contributed by atoms with E-state index in [1.165, 1.54) is 0 Å². The summed E-state index contributed by atoms with van der Waals surface area (Å²) in [7, 11) is 0. The molecule has 0 spiro atoms. The first-order chi connectivity index (χ1) is 7.10. The molecule has 0 aliphatic heterocycles. The van der Waals surface area contributed by atoms with E-state index in [-0.39, 0.29) is 12.4 Å². The van der Waals surface area contributed by atoms with Gasteiger partial charge in [0.15, 0.2) is 0 Å². The summed E-state index contributed by atoms with van der Waals surface area (Å²) >= 11 is 11.8. The van der Waals surface area contributed by atoms with Gasteiger partial charge in [0.05, 0.1) is 16.7 Å². The van der Waals surface area contributed by atoms with Gasteiger partial charge in [0, 0.05) is 13.1 Å². The van der Waals surface area contributed by atoms with E-state index in [1.54, 1.807) is 6.07 Å². The van der Waals surface area contributed by atoms with E-state index in [0.717, 1.165) is 0 Å². The van der Waals surface area contributed by atoms with Gasteiger partial charge >= 0.3 is 0 Å². The molecule has 0 aliphatic carbocycles. The van der Waals surface area contributed by atoms with Crippen molar-refractivity contribution in [2.24, 2.45) is 0 Å². The molecule has 6 heteroatoms. The van der Waals surface area contributed by atoms with Crippen LogP contribution in [0, 0.1) is 0 Å². The van der Waals surface area contributed by atoms with Gasteiger partial charge in [-0.05, 0) is 13.0 Å². The summed E-state index contributed by atoms with van der Waals surface area (Å²) in [6, 6.07) is 1.56. The number of nitrogen functional groups attached to an aromatic ring is 1. The van der Waals surface area contributed by atoms with Crippen molar-refractivity contribution in [3.05, 3.63) is 16.1 Å². The zero-order chi connectivity index (χ0) is 11.4. The largest absolute Gasteiger partial charge is 0.395 e. The van der Waals surface area contributed by atoms with Crippen molar-refractivity contribution in [3.63, 3.8) is 0 Å². The lowest BCUT2D eigenvalue weighted by atomic mass is 10.4. The van der Waals surface area contributed by atoms with Crippen LogP contribution in [0.1, 0.15) is 6.92 Å². The second-order valence-electron chi connectivity index (χ2n) is 2.96. The number of rotatable bonds is 4. The van der Waals surface area contributed by atoms with E-state index in [4.69, 9.17) is 34.0 Å². The van der Waals surface area contributed by atoms with E-state index in [0.29, 0.717) is 29.0 Å². The molecule has 4 nitrogen and oxygen atoms in total. The van der Waals surface area contributed by atoms with Gasteiger partial charge in [0.1, 0.15) is 11.6 Å². The molecule has 0 saturated carbocycles. The van der Waals surface area contributed by atoms with Crippen LogP contribution in [0.4, 0.5) is 11.6 Å². The second kappa shape index (κ2) is 5.39. The summed E-state index contributed by atoms with van der Waals surface area (Å²) < 4.78 is 0. The van der Waals surface area contributed by atoms with Crippen LogP contribution in [0.25, 0.3) is 0 Å². The summed E-state index contributed by atoms with van der Waals surface area (Å²) in [6.45, 7) is 3.13. The van der Waals surface area contributed by atoms with Gasteiger partial charge in [-0.25, -0.2) is 4.98 Å². The predicted octanol–water partition coefficient (Wildman–Crippen LogP) is 1.79. The van der Waals surface area contributed by atoms with Crippen LogP contribution in [-0.4, -0.2) is 29.8 Å². The second-order valence-corrected chi connectivity index (χ2v) is 3.78. The Bertz CT molecular complexity index is 346. The fourth-order valence-electron chi connectivity index (χ4n) is 1.23. The Kier molecular flexibility index (Phi) is 4.45. The molecule has 0 aliphatic rings. The SMILES string of the molecule is CCN(CCO)c1nc(N)c(Cl)cc1Cl. The number of likely N-dealkylation sites (N-methyl/N-ethyl adjacent to an activating group) is 1. The maximum absolute atomic E-state index is 8.87. The number of aromatic nitrogens is 1. The molecule has 3 N–H and O–H groups in total. The Morgan fingerprint density at radius 2 is 2.13 bits per heavy atom. The molecule has 0 amide bonds. The highest BCUT2D eigenvalue weighted by Gasteiger charge is 2.12. The van der Waals surface area contributed by atoms with Crippen molar-refractivity contribution in [2.75, 3.05) is 30.3 Å². The number of hydrogen-bond donors (Lipinski definition) is 2. The average Bonchev–Trinajstić information content (AvgIpc) is 2.20. The first kappa shape index (κ1) is 12.4. The van der Waals surface area contributed by atoms with E-state index in [9.17, 15) is 0 Å². The summed E-state index contributed by atoms with van der Waals surface area (Å²) in [4.78, 5) is 5.92. The summed E-state index contributed by atoms with van der Waals surface area (Å²) in [6.07, 6.45) is 0. The summed E-state index contributed by atoms with van der Waals surface area (Å²) in [5, 5.41) is 9.65. The van der Waals surface area contributed by atoms with Gasteiger partial charge in [-0.3, -0.25) is 0 Å². The molecule has 1 rings (SSSR count). The quantitative estimate of drug-likeness (QED) is 0.855. The van der Waals surface area contributed by atoms with Crippen molar-refractivity contribution in [1.29, 1.82) is 0 Å². The van der Waals surface area contributed by atoms with Crippen molar-refractivity contribution < 1.29 is 5.11 Å². The van der Waals surface area contributed by atoms with Gasteiger partial charge in [0.2, 0.25) is 0 Å². The minimum Gasteiger partial charge on any atom is -0.395 e. The van der Waals surface area contributed by atoms with E-state index in [1.807, 2.05) is 11.8 Å². The number of hydrogen-bond acceptors (Lipinski definition) is 4. The maximum atomic E-state index is 8.87. The van der Waals surface area contributed by atoms with Crippen molar-refractivity contribution in [2.45, 2.75) is 6.92 Å². The van der Waals surface area contributed by atoms with Gasteiger partial charge in [0.25, 0.3) is 0 Å². The Balaban J connectivity index is 3.06. The molecular formula is C9H13Cl2N3O. The first-order valence-corrected chi connectivity index (χ1v) is 5.33. The molecular weight excluding hydrogens is 237 g/mol. The zero-order valence-corrected chi connectivity index (χ0v) is 9.89. The number of halogens is 2. The third-order valence-corrected chi connectivity index (χ3v) is 2.57. The van der Waals surface area contributed by atoms with Crippen LogP contribution >= 0.6 is 23.2 Å². The number of aliphatic hydroxyl groups is 1. The number of aliphatic hydroxyl groups excluding tert-OH is 1. The van der Waals surface area contributed by atoms with Crippen LogP contribution in [0.5, 0.6) is 0 Å². The van der Waals surface area contributed by atoms with Gasteiger partial charge in [-0.2, -0.15) is 0 Å². The topological polar surface area (TPSA) is 62.4 Å². The van der Waals surface area contributed by atoms with Gasteiger partial charge in [-0.15, -0.1) is 0 Å². The highest BCUT2D eigenvalue weighted by Crippen LogP contribution is 2.29. The monoisotopic (exact) mass is 249 g/mol. The lowest BCUT2D eigenvalue weighted by Gasteiger charge is -2.22. The smallest absolute Gasteiger partial charge is 0.150 e. The fraction of sp³-hybridized carbons (Fsp3) is 0.444. The van der Waals surface area contributed by atoms with Crippen molar-refractivity contribution in [1.82, 2.24) is 4.98 Å². The number of nitrogens with two attached hydrogens (primary N) is 1. The fourth-order valence-corrected chi connectivity index (χ4v) is 1.71. The van der Waals surface area contributed by atoms with E-state index in [2.05, 4.69) is 4.98 Å². The van der Waals surface area contributed by atoms with E-state index < -0.39 is 0 Å². The minimum atomic E-state index is 0.0361. The standard InChI is InChI=1S/C9H13Cl2N3O/c1-2-14(3-4-15)9-7(11)5-6(10)8(12)13-9/h5,15H,2-4H2,1H3,(H2,12,13). The summed E-state index contributed by atoms with van der Waals surface area (Å²) in [5.41, 5.74) is 5.59. The minimum absolute atomic E-state index is 0.0361. The molecule has 1 aromatic rings. The molecule has 15 heavy (non-hydrogen) atoms. The Morgan fingerprint density at radius 3 is 2.67 bits per heavy atom. The third-order valence-electron chi connectivity index (χ3n) is 1.99. The van der Waals surface area contributed by atoms with E-state index >= 15 is 0 Å². The molecule has 1 aromatic heterocycles. The molecule has 1 heterocycles. The maximum Gasteiger partial charge on any atom is 0.150 e. The number of anilines is 2. The molecule has 0 fully saturated rings. The van der Waals surface area contributed by atoms with Gasteiger partial charge in [-0.1, -0.05) is 23.2 Å². The van der Waals surface area contributed by atoms with Crippen LogP contribution in [-0.2, 0) is 0 Å². The van der Waals surface area contributed by atoms with Crippen LogP contribution < -0.4 is 10.6 Å². The summed E-state index contributed by atoms with van der Waals surface area (Å²) in [5.74, 6) is 0.794. The predicted molar refractivity (Wildman–Crippen MR) is 63.6 cm³/mol.